The Morgan fingerprint density at radius 3 is 2.42 bits per heavy atom. The number of fused-ring (bicyclic) bond motifs is 1. The van der Waals surface area contributed by atoms with Gasteiger partial charge in [-0.2, -0.15) is 8.42 Å². The van der Waals surface area contributed by atoms with Gasteiger partial charge >= 0.3 is 11.9 Å². The summed E-state index contributed by atoms with van der Waals surface area (Å²) in [6, 6.07) is 10.8. The van der Waals surface area contributed by atoms with Crippen LogP contribution in [-0.4, -0.2) is 31.0 Å². The molecule has 1 heterocycles. The first-order chi connectivity index (χ1) is 14.8. The number of hydrogen-bond donors (Lipinski definition) is 2. The number of benzene rings is 2. The van der Waals surface area contributed by atoms with Crippen molar-refractivity contribution in [2.24, 2.45) is 5.92 Å². The van der Waals surface area contributed by atoms with Crippen LogP contribution in [0.25, 0.3) is 0 Å². The lowest BCUT2D eigenvalue weighted by Crippen LogP contribution is -2.31. The molecule has 2 aromatic carbocycles. The first-order valence-corrected chi connectivity index (χ1v) is 11.9. The number of nitrogens with one attached hydrogen (secondary N) is 1. The van der Waals surface area contributed by atoms with E-state index in [0.717, 1.165) is 32.1 Å². The van der Waals surface area contributed by atoms with Crippen LogP contribution in [0.4, 0.5) is 0 Å². The third kappa shape index (κ3) is 4.42. The molecule has 0 spiro atoms. The van der Waals surface area contributed by atoms with Crippen molar-refractivity contribution in [1.82, 2.24) is 5.32 Å². The van der Waals surface area contributed by atoms with Crippen LogP contribution in [0.3, 0.4) is 0 Å². The van der Waals surface area contributed by atoms with Crippen LogP contribution in [0.2, 0.25) is 0 Å². The van der Waals surface area contributed by atoms with Crippen molar-refractivity contribution in [1.29, 1.82) is 0 Å². The highest BCUT2D eigenvalue weighted by Gasteiger charge is 2.39. The Balaban J connectivity index is 1.75. The molecule has 0 amide bonds. The lowest BCUT2D eigenvalue weighted by Gasteiger charge is -2.24. The summed E-state index contributed by atoms with van der Waals surface area (Å²) in [5, 5.41) is 3.54. The summed E-state index contributed by atoms with van der Waals surface area (Å²) in [4.78, 5) is 25.0. The molecule has 1 aliphatic heterocycles. The fourth-order valence-electron chi connectivity index (χ4n) is 4.89. The molecule has 1 aliphatic carbocycles. The number of carbonyl (C=O) groups excluding carboxylic acids is 2. The molecule has 0 radical (unpaired) electrons. The summed E-state index contributed by atoms with van der Waals surface area (Å²) in [7, 11) is -4.71. The molecule has 164 valence electrons. The van der Waals surface area contributed by atoms with Gasteiger partial charge in [0.05, 0.1) is 11.1 Å². The zero-order valence-corrected chi connectivity index (χ0v) is 18.0. The van der Waals surface area contributed by atoms with Crippen molar-refractivity contribution in [3.05, 3.63) is 64.7 Å². The molecule has 7 nitrogen and oxygen atoms in total. The standard InChI is InChI=1S/C23H25NO6S/c1-14-11-12-19(31(27,28)29)21(23(26)30-22(25)15-7-3-2-4-8-15)20(14)18-13-16-9-5-6-10-17(16)24-18/h2-4,7-8,11-12,16-18,24H,5-6,9-10,13H2,1H3,(H,27,28,29)/t16-,17-,18-/m0/s1. The Labute approximate surface area is 181 Å². The second kappa shape index (κ2) is 8.53. The third-order valence-electron chi connectivity index (χ3n) is 6.31. The van der Waals surface area contributed by atoms with Gasteiger partial charge < -0.3 is 10.1 Å². The fraction of sp³-hybridized carbons (Fsp3) is 0.391. The van der Waals surface area contributed by atoms with Crippen LogP contribution in [0.15, 0.2) is 47.4 Å². The molecule has 4 rings (SSSR count). The van der Waals surface area contributed by atoms with E-state index in [0.29, 0.717) is 23.1 Å². The quantitative estimate of drug-likeness (QED) is 0.420. The van der Waals surface area contributed by atoms with Gasteiger partial charge in [-0.05, 0) is 61.4 Å². The summed E-state index contributed by atoms with van der Waals surface area (Å²) < 4.78 is 39.0. The Morgan fingerprint density at radius 2 is 1.74 bits per heavy atom. The molecule has 2 aromatic rings. The van der Waals surface area contributed by atoms with Crippen molar-refractivity contribution in [2.45, 2.75) is 56.0 Å². The fourth-order valence-corrected chi connectivity index (χ4v) is 5.58. The SMILES string of the molecule is Cc1ccc(S(=O)(=O)O)c(C(=O)OC(=O)c2ccccc2)c1[C@@H]1C[C@@H]2CCCC[C@@H]2N1. The van der Waals surface area contributed by atoms with E-state index < -0.39 is 27.0 Å². The van der Waals surface area contributed by atoms with Crippen LogP contribution >= 0.6 is 0 Å². The molecule has 0 bridgehead atoms. The normalized spacial score (nSPS) is 23.2. The summed E-state index contributed by atoms with van der Waals surface area (Å²) in [6.07, 6.45) is 5.15. The summed E-state index contributed by atoms with van der Waals surface area (Å²) in [6.45, 7) is 1.78. The van der Waals surface area contributed by atoms with Gasteiger partial charge in [0.2, 0.25) is 0 Å². The van der Waals surface area contributed by atoms with Gasteiger partial charge in [-0.1, -0.05) is 37.1 Å². The smallest absolute Gasteiger partial charge is 0.347 e. The zero-order valence-electron chi connectivity index (χ0n) is 17.2. The van der Waals surface area contributed by atoms with Gasteiger partial charge in [0.15, 0.2) is 0 Å². The number of carbonyl (C=O) groups is 2. The van der Waals surface area contributed by atoms with E-state index in [4.69, 9.17) is 4.74 Å². The molecule has 3 atom stereocenters. The van der Waals surface area contributed by atoms with Crippen LogP contribution in [-0.2, 0) is 14.9 Å². The van der Waals surface area contributed by atoms with Crippen molar-refractivity contribution in [3.63, 3.8) is 0 Å². The minimum Gasteiger partial charge on any atom is -0.386 e. The lowest BCUT2D eigenvalue weighted by atomic mass is 9.84. The Bertz CT molecular complexity index is 1100. The maximum absolute atomic E-state index is 13.1. The number of aryl methyl sites for hydroxylation is 1. The highest BCUT2D eigenvalue weighted by molar-refractivity contribution is 7.86. The average Bonchev–Trinajstić information content (AvgIpc) is 3.16. The summed E-state index contributed by atoms with van der Waals surface area (Å²) in [5.74, 6) is -1.52. The van der Waals surface area contributed by atoms with Crippen LogP contribution in [0.5, 0.6) is 0 Å². The molecule has 2 fully saturated rings. The summed E-state index contributed by atoms with van der Waals surface area (Å²) >= 11 is 0. The molecule has 2 aliphatic rings. The third-order valence-corrected chi connectivity index (χ3v) is 7.21. The van der Waals surface area contributed by atoms with E-state index in [1.807, 2.05) is 0 Å². The van der Waals surface area contributed by atoms with Gasteiger partial charge in [0.1, 0.15) is 4.90 Å². The largest absolute Gasteiger partial charge is 0.386 e. The van der Waals surface area contributed by atoms with Crippen molar-refractivity contribution >= 4 is 22.1 Å². The van der Waals surface area contributed by atoms with Crippen LogP contribution < -0.4 is 5.32 Å². The predicted octanol–water partition coefficient (Wildman–Crippen LogP) is 3.83. The molecule has 0 aromatic heterocycles. The maximum Gasteiger partial charge on any atom is 0.347 e. The molecule has 1 saturated heterocycles. The Morgan fingerprint density at radius 1 is 1.03 bits per heavy atom. The lowest BCUT2D eigenvalue weighted by molar-refractivity contribution is 0.0393. The van der Waals surface area contributed by atoms with Crippen LogP contribution in [0, 0.1) is 12.8 Å². The number of hydrogen-bond acceptors (Lipinski definition) is 6. The predicted molar refractivity (Wildman–Crippen MR) is 113 cm³/mol. The van der Waals surface area contributed by atoms with Crippen molar-refractivity contribution in [3.8, 4) is 0 Å². The van der Waals surface area contributed by atoms with E-state index in [1.54, 1.807) is 31.2 Å². The van der Waals surface area contributed by atoms with E-state index in [-0.39, 0.29) is 17.2 Å². The zero-order chi connectivity index (χ0) is 22.2. The molecule has 31 heavy (non-hydrogen) atoms. The summed E-state index contributed by atoms with van der Waals surface area (Å²) in [5.41, 5.74) is 1.06. The maximum atomic E-state index is 13.1. The van der Waals surface area contributed by atoms with Crippen molar-refractivity contribution in [2.75, 3.05) is 0 Å². The second-order valence-electron chi connectivity index (χ2n) is 8.29. The van der Waals surface area contributed by atoms with Gasteiger partial charge in [0.25, 0.3) is 10.1 Å². The number of ether oxygens (including phenoxy) is 1. The molecule has 2 N–H and O–H groups in total. The number of rotatable bonds is 4. The van der Waals surface area contributed by atoms with Gasteiger partial charge in [-0.25, -0.2) is 9.59 Å². The molecule has 1 saturated carbocycles. The average molecular weight is 444 g/mol. The van der Waals surface area contributed by atoms with Gasteiger partial charge in [-0.3, -0.25) is 4.55 Å². The number of esters is 2. The van der Waals surface area contributed by atoms with E-state index in [1.165, 1.54) is 18.2 Å². The second-order valence-corrected chi connectivity index (χ2v) is 9.68. The monoisotopic (exact) mass is 443 g/mol. The molecule has 0 unspecified atom stereocenters. The first-order valence-electron chi connectivity index (χ1n) is 10.4. The van der Waals surface area contributed by atoms with E-state index in [9.17, 15) is 22.6 Å². The minimum atomic E-state index is -4.71. The van der Waals surface area contributed by atoms with Gasteiger partial charge in [0, 0.05) is 12.1 Å². The highest BCUT2D eigenvalue weighted by atomic mass is 32.2. The first kappa shape index (κ1) is 21.7. The highest BCUT2D eigenvalue weighted by Crippen LogP contribution is 2.42. The molecule has 8 heteroatoms. The Kier molecular flexibility index (Phi) is 5.96. The van der Waals surface area contributed by atoms with Crippen molar-refractivity contribution < 1.29 is 27.3 Å². The molecular weight excluding hydrogens is 418 g/mol. The molecular formula is C23H25NO6S. The van der Waals surface area contributed by atoms with Crippen LogP contribution in [0.1, 0.15) is 70.0 Å². The van der Waals surface area contributed by atoms with Gasteiger partial charge in [-0.15, -0.1) is 0 Å². The van der Waals surface area contributed by atoms with E-state index >= 15 is 0 Å². The van der Waals surface area contributed by atoms with E-state index in [2.05, 4.69) is 5.32 Å². The minimum absolute atomic E-state index is 0.170. The Hall–Kier alpha value is -2.55. The topological polar surface area (TPSA) is 110 Å².